The fourth-order valence-electron chi connectivity index (χ4n) is 1.84. The molecule has 0 aromatic heterocycles. The smallest absolute Gasteiger partial charge is 0.103 e. The molecular weight excluding hydrogens is 350 g/mol. The summed E-state index contributed by atoms with van der Waals surface area (Å²) < 4.78 is 0. The predicted octanol–water partition coefficient (Wildman–Crippen LogP) is 3.84. The summed E-state index contributed by atoms with van der Waals surface area (Å²) in [5.74, 6) is 0. The van der Waals surface area contributed by atoms with Crippen LogP contribution in [0.4, 0.5) is 11.4 Å². The first-order valence-corrected chi connectivity index (χ1v) is 8.80. The van der Waals surface area contributed by atoms with Crippen molar-refractivity contribution in [1.82, 2.24) is 0 Å². The average molecular weight is 365 g/mol. The van der Waals surface area contributed by atoms with Crippen LogP contribution in [0.5, 0.6) is 0 Å². The number of rotatable bonds is 5. The Labute approximate surface area is 154 Å². The lowest BCUT2D eigenvalue weighted by Crippen LogP contribution is -2.00. The van der Waals surface area contributed by atoms with Crippen LogP contribution < -0.4 is 17.2 Å². The number of nitrogens with zero attached hydrogens (tertiary/aromatic N) is 2. The number of thioether (sulfide) groups is 2. The van der Waals surface area contributed by atoms with E-state index in [9.17, 15) is 10.5 Å². The van der Waals surface area contributed by atoms with Gasteiger partial charge >= 0.3 is 0 Å². The Morgan fingerprint density at radius 1 is 0.880 bits per heavy atom. The number of hydrogen-bond acceptors (Lipinski definition) is 7. The predicted molar refractivity (Wildman–Crippen MR) is 104 cm³/mol. The largest absolute Gasteiger partial charge is 0.398 e. The number of hydrogen-bond donors (Lipinski definition) is 3. The number of para-hydroxylation sites is 2. The minimum absolute atomic E-state index is 0.109. The Balaban J connectivity index is 2.31. The standard InChI is InChI=1S/C18H15N5S2/c19-9-12(11-24-16-7-3-1-5-14(16)21)13(10-20)18(23)25-17-8-4-2-6-15(17)22/h1-8,11H,21-23H2/b12-11+,18-13+. The summed E-state index contributed by atoms with van der Waals surface area (Å²) >= 11 is 2.42. The molecule has 2 aromatic carbocycles. The fraction of sp³-hybridized carbons (Fsp3) is 0. The van der Waals surface area contributed by atoms with Crippen molar-refractivity contribution in [2.24, 2.45) is 5.73 Å². The van der Waals surface area contributed by atoms with Gasteiger partial charge in [0.05, 0.1) is 10.6 Å². The molecule has 0 aliphatic carbocycles. The SMILES string of the molecule is N#CC(=C\Sc1ccccc1N)/C(C#N)=C(\N)Sc1ccccc1N. The van der Waals surface area contributed by atoms with Gasteiger partial charge in [-0.15, -0.1) is 0 Å². The van der Waals surface area contributed by atoms with E-state index in [-0.39, 0.29) is 16.2 Å². The van der Waals surface area contributed by atoms with E-state index >= 15 is 0 Å². The molecule has 0 atom stereocenters. The lowest BCUT2D eigenvalue weighted by Gasteiger charge is -2.07. The van der Waals surface area contributed by atoms with E-state index in [0.29, 0.717) is 11.4 Å². The van der Waals surface area contributed by atoms with E-state index in [2.05, 4.69) is 0 Å². The molecule has 0 spiro atoms. The highest BCUT2D eigenvalue weighted by Crippen LogP contribution is 2.33. The van der Waals surface area contributed by atoms with E-state index in [1.165, 1.54) is 11.8 Å². The topological polar surface area (TPSA) is 126 Å². The highest BCUT2D eigenvalue weighted by molar-refractivity contribution is 8.03. The molecule has 0 radical (unpaired) electrons. The summed E-state index contributed by atoms with van der Waals surface area (Å²) in [6, 6.07) is 18.5. The minimum atomic E-state index is 0.109. The molecule has 0 fully saturated rings. The van der Waals surface area contributed by atoms with Crippen LogP contribution >= 0.6 is 23.5 Å². The molecule has 0 aliphatic rings. The zero-order chi connectivity index (χ0) is 18.2. The van der Waals surface area contributed by atoms with E-state index in [0.717, 1.165) is 21.6 Å². The van der Waals surface area contributed by atoms with Gasteiger partial charge in [-0.05, 0) is 29.7 Å². The van der Waals surface area contributed by atoms with E-state index in [1.807, 2.05) is 42.5 Å². The molecule has 2 aromatic rings. The number of benzene rings is 2. The van der Waals surface area contributed by atoms with Gasteiger partial charge in [0.25, 0.3) is 0 Å². The van der Waals surface area contributed by atoms with E-state index in [4.69, 9.17) is 17.2 Å². The zero-order valence-electron chi connectivity index (χ0n) is 13.1. The third kappa shape index (κ3) is 4.74. The van der Waals surface area contributed by atoms with Crippen molar-refractivity contribution in [3.05, 3.63) is 70.1 Å². The molecule has 5 nitrogen and oxygen atoms in total. The molecule has 0 amide bonds. The lowest BCUT2D eigenvalue weighted by atomic mass is 10.1. The first-order valence-electron chi connectivity index (χ1n) is 7.10. The first-order chi connectivity index (χ1) is 12.1. The normalized spacial score (nSPS) is 12.0. The van der Waals surface area contributed by atoms with E-state index < -0.39 is 0 Å². The molecule has 0 saturated heterocycles. The summed E-state index contributed by atoms with van der Waals surface area (Å²) in [5, 5.41) is 20.6. The Kier molecular flexibility index (Phi) is 6.41. The van der Waals surface area contributed by atoms with Crippen LogP contribution in [-0.2, 0) is 0 Å². The molecule has 0 unspecified atom stereocenters. The van der Waals surface area contributed by atoms with Gasteiger partial charge in [0.1, 0.15) is 17.7 Å². The molecule has 25 heavy (non-hydrogen) atoms. The average Bonchev–Trinajstić information content (AvgIpc) is 2.61. The summed E-state index contributed by atoms with van der Waals surface area (Å²) in [5.41, 5.74) is 19.3. The Morgan fingerprint density at radius 2 is 1.44 bits per heavy atom. The number of allylic oxidation sites excluding steroid dienone is 2. The maximum absolute atomic E-state index is 9.44. The summed E-state index contributed by atoms with van der Waals surface area (Å²) in [7, 11) is 0. The van der Waals surface area contributed by atoms with Gasteiger partial charge in [0.2, 0.25) is 0 Å². The quantitative estimate of drug-likeness (QED) is 0.318. The summed E-state index contributed by atoms with van der Waals surface area (Å²) in [6.07, 6.45) is 0. The Bertz CT molecular complexity index is 920. The van der Waals surface area contributed by atoms with Crippen molar-refractivity contribution in [2.45, 2.75) is 9.79 Å². The van der Waals surface area contributed by atoms with Crippen molar-refractivity contribution in [1.29, 1.82) is 10.5 Å². The van der Waals surface area contributed by atoms with Crippen molar-refractivity contribution in [3.8, 4) is 12.1 Å². The monoisotopic (exact) mass is 365 g/mol. The zero-order valence-corrected chi connectivity index (χ0v) is 14.8. The molecule has 7 heteroatoms. The van der Waals surface area contributed by atoms with Gasteiger partial charge in [-0.25, -0.2) is 0 Å². The second kappa shape index (κ2) is 8.74. The molecule has 0 bridgehead atoms. The van der Waals surface area contributed by atoms with Gasteiger partial charge in [-0.3, -0.25) is 0 Å². The highest BCUT2D eigenvalue weighted by Gasteiger charge is 2.12. The third-order valence-electron chi connectivity index (χ3n) is 3.11. The van der Waals surface area contributed by atoms with Gasteiger partial charge in [-0.2, -0.15) is 10.5 Å². The molecule has 0 aliphatic heterocycles. The van der Waals surface area contributed by atoms with Gasteiger partial charge < -0.3 is 17.2 Å². The Morgan fingerprint density at radius 3 is 1.96 bits per heavy atom. The molecule has 2 rings (SSSR count). The van der Waals surface area contributed by atoms with Crippen molar-refractivity contribution in [3.63, 3.8) is 0 Å². The Hall–Kier alpha value is -3.00. The van der Waals surface area contributed by atoms with Crippen LogP contribution in [0.1, 0.15) is 0 Å². The molecule has 0 heterocycles. The number of nitrogen functional groups attached to an aromatic ring is 2. The number of nitriles is 2. The second-order valence-corrected chi connectivity index (χ2v) is 6.78. The van der Waals surface area contributed by atoms with Crippen molar-refractivity contribution in [2.75, 3.05) is 11.5 Å². The molecule has 0 saturated carbocycles. The maximum atomic E-state index is 9.44. The fourth-order valence-corrected chi connectivity index (χ4v) is 3.45. The van der Waals surface area contributed by atoms with E-state index in [1.54, 1.807) is 23.6 Å². The molecular formula is C18H15N5S2. The first kappa shape index (κ1) is 18.3. The van der Waals surface area contributed by atoms with Crippen molar-refractivity contribution >= 4 is 34.9 Å². The molecule has 6 N–H and O–H groups in total. The number of anilines is 2. The van der Waals surface area contributed by atoms with Crippen LogP contribution in [0.2, 0.25) is 0 Å². The van der Waals surface area contributed by atoms with Gasteiger partial charge in [-0.1, -0.05) is 47.8 Å². The van der Waals surface area contributed by atoms with Gasteiger partial charge in [0, 0.05) is 21.2 Å². The lowest BCUT2D eigenvalue weighted by molar-refractivity contribution is 1.38. The second-order valence-electron chi connectivity index (χ2n) is 4.79. The maximum Gasteiger partial charge on any atom is 0.103 e. The molecule has 124 valence electrons. The minimum Gasteiger partial charge on any atom is -0.398 e. The van der Waals surface area contributed by atoms with Crippen LogP contribution in [0.25, 0.3) is 0 Å². The summed E-state index contributed by atoms with van der Waals surface area (Å²) in [4.78, 5) is 1.52. The van der Waals surface area contributed by atoms with Gasteiger partial charge in [0.15, 0.2) is 0 Å². The van der Waals surface area contributed by atoms with Crippen molar-refractivity contribution < 1.29 is 0 Å². The van der Waals surface area contributed by atoms with Crippen LogP contribution in [-0.4, -0.2) is 0 Å². The number of nitrogens with two attached hydrogens (primary N) is 3. The van der Waals surface area contributed by atoms with Crippen LogP contribution in [0.3, 0.4) is 0 Å². The van der Waals surface area contributed by atoms with Crippen LogP contribution in [0, 0.1) is 22.7 Å². The third-order valence-corrected chi connectivity index (χ3v) is 5.10. The summed E-state index contributed by atoms with van der Waals surface area (Å²) in [6.45, 7) is 0. The highest BCUT2D eigenvalue weighted by atomic mass is 32.2. The van der Waals surface area contributed by atoms with Crippen LogP contribution in [0.15, 0.2) is 79.9 Å².